The SMILES string of the molecule is O=C1NCCNC12CCN(Cc1ccc(-c3ccc(Cl)cc3)o1)CC2. The van der Waals surface area contributed by atoms with Gasteiger partial charge in [0.05, 0.1) is 6.54 Å². The quantitative estimate of drug-likeness (QED) is 0.884. The number of piperazine rings is 1. The molecule has 2 aliphatic heterocycles. The molecule has 2 saturated heterocycles. The van der Waals surface area contributed by atoms with Crippen LogP contribution in [0.1, 0.15) is 18.6 Å². The predicted octanol–water partition coefficient (Wildman–Crippen LogP) is 2.65. The summed E-state index contributed by atoms with van der Waals surface area (Å²) in [5.41, 5.74) is 0.656. The van der Waals surface area contributed by atoms with Crippen LogP contribution in [0.25, 0.3) is 11.3 Å². The maximum absolute atomic E-state index is 12.2. The van der Waals surface area contributed by atoms with E-state index in [1.807, 2.05) is 36.4 Å². The summed E-state index contributed by atoms with van der Waals surface area (Å²) >= 11 is 5.93. The zero-order chi connectivity index (χ0) is 17.3. The van der Waals surface area contributed by atoms with Crippen molar-refractivity contribution in [3.8, 4) is 11.3 Å². The van der Waals surface area contributed by atoms with Crippen LogP contribution in [-0.4, -0.2) is 42.5 Å². The summed E-state index contributed by atoms with van der Waals surface area (Å²) in [6.45, 7) is 4.12. The average Bonchev–Trinajstić information content (AvgIpc) is 3.09. The molecule has 1 amide bonds. The van der Waals surface area contributed by atoms with Gasteiger partial charge in [0, 0.05) is 36.8 Å². The van der Waals surface area contributed by atoms with Gasteiger partial charge in [0.15, 0.2) is 0 Å². The highest BCUT2D eigenvalue weighted by Gasteiger charge is 2.42. The number of benzene rings is 1. The lowest BCUT2D eigenvalue weighted by Gasteiger charge is -2.43. The molecule has 0 unspecified atom stereocenters. The number of hydrogen-bond acceptors (Lipinski definition) is 4. The number of amides is 1. The van der Waals surface area contributed by atoms with E-state index in [4.69, 9.17) is 16.0 Å². The molecule has 1 aromatic heterocycles. The Kier molecular flexibility index (Phi) is 4.54. The van der Waals surface area contributed by atoms with Crippen LogP contribution >= 0.6 is 11.6 Å². The Labute approximate surface area is 152 Å². The van der Waals surface area contributed by atoms with Crippen molar-refractivity contribution in [3.63, 3.8) is 0 Å². The summed E-state index contributed by atoms with van der Waals surface area (Å²) in [6, 6.07) is 11.7. The summed E-state index contributed by atoms with van der Waals surface area (Å²) in [5, 5.41) is 7.13. The topological polar surface area (TPSA) is 57.5 Å². The molecule has 25 heavy (non-hydrogen) atoms. The summed E-state index contributed by atoms with van der Waals surface area (Å²) in [5.74, 6) is 1.96. The lowest BCUT2D eigenvalue weighted by Crippen LogP contribution is -2.66. The third-order valence-electron chi connectivity index (χ3n) is 5.19. The van der Waals surface area contributed by atoms with Crippen molar-refractivity contribution in [2.45, 2.75) is 24.9 Å². The van der Waals surface area contributed by atoms with E-state index in [0.29, 0.717) is 0 Å². The zero-order valence-electron chi connectivity index (χ0n) is 14.1. The Morgan fingerprint density at radius 2 is 1.84 bits per heavy atom. The van der Waals surface area contributed by atoms with E-state index in [9.17, 15) is 4.79 Å². The van der Waals surface area contributed by atoms with Crippen LogP contribution in [0.4, 0.5) is 0 Å². The molecule has 0 aliphatic carbocycles. The third-order valence-corrected chi connectivity index (χ3v) is 5.44. The molecule has 2 aromatic rings. The standard InChI is InChI=1S/C19H22ClN3O2/c20-15-3-1-14(2-4-15)17-6-5-16(25-17)13-23-11-7-19(8-12-23)18(24)21-9-10-22-19/h1-6,22H,7-13H2,(H,21,24). The molecule has 0 radical (unpaired) electrons. The number of hydrogen-bond donors (Lipinski definition) is 2. The molecular formula is C19H22ClN3O2. The summed E-state index contributed by atoms with van der Waals surface area (Å²) in [7, 11) is 0. The van der Waals surface area contributed by atoms with Crippen LogP contribution in [0.5, 0.6) is 0 Å². The van der Waals surface area contributed by atoms with Crippen molar-refractivity contribution in [3.05, 3.63) is 47.2 Å². The van der Waals surface area contributed by atoms with E-state index in [0.717, 1.165) is 67.7 Å². The molecule has 2 aliphatic rings. The molecule has 132 valence electrons. The number of rotatable bonds is 3. The minimum atomic E-state index is -0.369. The highest BCUT2D eigenvalue weighted by Crippen LogP contribution is 2.27. The molecule has 1 aromatic carbocycles. The molecule has 0 atom stereocenters. The zero-order valence-corrected chi connectivity index (χ0v) is 14.8. The fraction of sp³-hybridized carbons (Fsp3) is 0.421. The Morgan fingerprint density at radius 3 is 2.56 bits per heavy atom. The molecule has 0 bridgehead atoms. The second kappa shape index (κ2) is 6.83. The van der Waals surface area contributed by atoms with Gasteiger partial charge >= 0.3 is 0 Å². The minimum Gasteiger partial charge on any atom is -0.460 e. The molecule has 4 rings (SSSR count). The lowest BCUT2D eigenvalue weighted by molar-refractivity contribution is -0.131. The van der Waals surface area contributed by atoms with Crippen LogP contribution in [0.15, 0.2) is 40.8 Å². The number of likely N-dealkylation sites (tertiary alicyclic amines) is 1. The summed E-state index contributed by atoms with van der Waals surface area (Å²) in [6.07, 6.45) is 1.67. The van der Waals surface area contributed by atoms with Crippen LogP contribution in [0.3, 0.4) is 0 Å². The number of carbonyl (C=O) groups is 1. The largest absolute Gasteiger partial charge is 0.460 e. The highest BCUT2D eigenvalue weighted by molar-refractivity contribution is 6.30. The molecular weight excluding hydrogens is 338 g/mol. The smallest absolute Gasteiger partial charge is 0.240 e. The van der Waals surface area contributed by atoms with Crippen LogP contribution in [-0.2, 0) is 11.3 Å². The normalized spacial score (nSPS) is 20.6. The fourth-order valence-corrected chi connectivity index (χ4v) is 3.80. The van der Waals surface area contributed by atoms with Gasteiger partial charge in [-0.1, -0.05) is 11.6 Å². The van der Waals surface area contributed by atoms with Gasteiger partial charge in [-0.25, -0.2) is 0 Å². The number of piperidine rings is 1. The molecule has 6 heteroatoms. The van der Waals surface area contributed by atoms with E-state index in [-0.39, 0.29) is 11.4 Å². The first-order valence-electron chi connectivity index (χ1n) is 8.75. The second-order valence-electron chi connectivity index (χ2n) is 6.81. The van der Waals surface area contributed by atoms with Crippen molar-refractivity contribution in [2.24, 2.45) is 0 Å². The second-order valence-corrected chi connectivity index (χ2v) is 7.25. The fourth-order valence-electron chi connectivity index (χ4n) is 3.68. The Bertz CT molecular complexity index is 748. The van der Waals surface area contributed by atoms with E-state index >= 15 is 0 Å². The Morgan fingerprint density at radius 1 is 1.08 bits per heavy atom. The molecule has 5 nitrogen and oxygen atoms in total. The van der Waals surface area contributed by atoms with Crippen LogP contribution in [0.2, 0.25) is 5.02 Å². The molecule has 2 N–H and O–H groups in total. The van der Waals surface area contributed by atoms with Crippen molar-refractivity contribution >= 4 is 17.5 Å². The average molecular weight is 360 g/mol. The van der Waals surface area contributed by atoms with Gasteiger partial charge in [-0.3, -0.25) is 9.69 Å². The maximum atomic E-state index is 12.2. The van der Waals surface area contributed by atoms with E-state index in [1.54, 1.807) is 0 Å². The molecule has 3 heterocycles. The van der Waals surface area contributed by atoms with Gasteiger partial charge in [-0.2, -0.15) is 0 Å². The predicted molar refractivity (Wildman–Crippen MR) is 97.4 cm³/mol. The first kappa shape index (κ1) is 16.6. The number of furan rings is 1. The van der Waals surface area contributed by atoms with E-state index in [2.05, 4.69) is 15.5 Å². The van der Waals surface area contributed by atoms with E-state index in [1.165, 1.54) is 0 Å². The highest BCUT2D eigenvalue weighted by atomic mass is 35.5. The summed E-state index contributed by atoms with van der Waals surface area (Å²) in [4.78, 5) is 14.5. The van der Waals surface area contributed by atoms with Gasteiger partial charge < -0.3 is 15.1 Å². The van der Waals surface area contributed by atoms with Gasteiger partial charge in [0.2, 0.25) is 5.91 Å². The maximum Gasteiger partial charge on any atom is 0.240 e. The monoisotopic (exact) mass is 359 g/mol. The number of nitrogens with zero attached hydrogens (tertiary/aromatic N) is 1. The van der Waals surface area contributed by atoms with Crippen LogP contribution in [0, 0.1) is 0 Å². The van der Waals surface area contributed by atoms with Crippen molar-refractivity contribution in [1.29, 1.82) is 0 Å². The van der Waals surface area contributed by atoms with Gasteiger partial charge in [0.25, 0.3) is 0 Å². The van der Waals surface area contributed by atoms with E-state index < -0.39 is 0 Å². The Balaban J connectivity index is 1.37. The number of carbonyl (C=O) groups excluding carboxylic acids is 1. The summed E-state index contributed by atoms with van der Waals surface area (Å²) < 4.78 is 5.99. The first-order chi connectivity index (χ1) is 12.1. The Hall–Kier alpha value is -1.82. The number of nitrogens with one attached hydrogen (secondary N) is 2. The van der Waals surface area contributed by atoms with Crippen LogP contribution < -0.4 is 10.6 Å². The van der Waals surface area contributed by atoms with Gasteiger partial charge in [0.1, 0.15) is 17.1 Å². The number of halogens is 1. The molecule has 2 fully saturated rings. The first-order valence-corrected chi connectivity index (χ1v) is 9.13. The minimum absolute atomic E-state index is 0.154. The van der Waals surface area contributed by atoms with Crippen molar-refractivity contribution < 1.29 is 9.21 Å². The molecule has 1 spiro atoms. The lowest BCUT2D eigenvalue weighted by atomic mass is 9.85. The van der Waals surface area contributed by atoms with Gasteiger partial charge in [-0.05, 0) is 49.2 Å². The van der Waals surface area contributed by atoms with Gasteiger partial charge in [-0.15, -0.1) is 0 Å². The molecule has 0 saturated carbocycles. The van der Waals surface area contributed by atoms with Crippen molar-refractivity contribution in [2.75, 3.05) is 26.2 Å². The van der Waals surface area contributed by atoms with Crippen molar-refractivity contribution in [1.82, 2.24) is 15.5 Å². The third kappa shape index (κ3) is 3.45.